The maximum absolute atomic E-state index is 4.49. The highest BCUT2D eigenvalue weighted by molar-refractivity contribution is 7.99. The molecule has 0 saturated heterocycles. The van der Waals surface area contributed by atoms with E-state index in [2.05, 4.69) is 48.4 Å². The molecule has 2 aromatic rings. The van der Waals surface area contributed by atoms with Gasteiger partial charge in [0.15, 0.2) is 0 Å². The Labute approximate surface area is 122 Å². The number of aryl methyl sites for hydroxylation is 2. The van der Waals surface area contributed by atoms with Crippen LogP contribution in [-0.4, -0.2) is 10.7 Å². The molecule has 4 heteroatoms. The molecule has 0 spiro atoms. The van der Waals surface area contributed by atoms with Gasteiger partial charge in [0.1, 0.15) is 0 Å². The summed E-state index contributed by atoms with van der Waals surface area (Å²) in [6, 6.07) is 9.24. The van der Waals surface area contributed by atoms with E-state index in [1.165, 1.54) is 33.2 Å². The summed E-state index contributed by atoms with van der Waals surface area (Å²) in [4.78, 5) is 7.30. The number of aromatic nitrogens is 1. The average molecular weight is 290 g/mol. The monoisotopic (exact) mass is 290 g/mol. The fourth-order valence-corrected chi connectivity index (χ4v) is 4.52. The summed E-state index contributed by atoms with van der Waals surface area (Å²) >= 11 is 3.78. The van der Waals surface area contributed by atoms with E-state index in [0.717, 1.165) is 11.6 Å². The molecule has 2 heterocycles. The highest BCUT2D eigenvalue weighted by Gasteiger charge is 2.20. The molecule has 1 N–H and O–H groups in total. The van der Waals surface area contributed by atoms with Crippen LogP contribution in [0.4, 0.5) is 0 Å². The van der Waals surface area contributed by atoms with Crippen LogP contribution in [-0.2, 0) is 6.54 Å². The first-order valence-corrected chi connectivity index (χ1v) is 8.42. The summed E-state index contributed by atoms with van der Waals surface area (Å²) < 4.78 is 0. The Kier molecular flexibility index (Phi) is 3.91. The highest BCUT2D eigenvalue weighted by atomic mass is 32.2. The molecule has 2 nitrogen and oxygen atoms in total. The van der Waals surface area contributed by atoms with Gasteiger partial charge in [-0.2, -0.15) is 0 Å². The molecule has 0 radical (unpaired) electrons. The van der Waals surface area contributed by atoms with Crippen LogP contribution in [0.25, 0.3) is 0 Å². The van der Waals surface area contributed by atoms with Crippen LogP contribution in [0, 0.1) is 13.8 Å². The molecule has 0 amide bonds. The molecule has 1 aromatic heterocycles. The van der Waals surface area contributed by atoms with Gasteiger partial charge in [0.05, 0.1) is 10.7 Å². The third-order valence-corrected chi connectivity index (χ3v) is 5.66. The van der Waals surface area contributed by atoms with E-state index in [9.17, 15) is 0 Å². The zero-order chi connectivity index (χ0) is 13.2. The summed E-state index contributed by atoms with van der Waals surface area (Å²) in [5, 5.41) is 4.87. The molecular weight excluding hydrogens is 272 g/mol. The van der Waals surface area contributed by atoms with E-state index in [4.69, 9.17) is 0 Å². The molecule has 1 aliphatic heterocycles. The van der Waals surface area contributed by atoms with Crippen LogP contribution in [0.1, 0.15) is 33.6 Å². The van der Waals surface area contributed by atoms with Crippen molar-refractivity contribution in [1.82, 2.24) is 10.3 Å². The first kappa shape index (κ1) is 13.2. The molecule has 1 atom stereocenters. The summed E-state index contributed by atoms with van der Waals surface area (Å²) in [6.07, 6.45) is 1.21. The lowest BCUT2D eigenvalue weighted by atomic mass is 10.0. The van der Waals surface area contributed by atoms with Gasteiger partial charge in [-0.3, -0.25) is 0 Å². The lowest BCUT2D eigenvalue weighted by Crippen LogP contribution is -2.24. The first-order chi connectivity index (χ1) is 9.24. The van der Waals surface area contributed by atoms with Gasteiger partial charge in [0.2, 0.25) is 0 Å². The first-order valence-electron chi connectivity index (χ1n) is 6.62. The standard InChI is InChI=1S/C15H18N2S2/c1-10-15(19-11(2)17-10)9-16-13-7-8-18-14-6-4-3-5-12(13)14/h3-6,13,16H,7-9H2,1-2H3. The topological polar surface area (TPSA) is 24.9 Å². The lowest BCUT2D eigenvalue weighted by molar-refractivity contribution is 0.512. The van der Waals surface area contributed by atoms with Gasteiger partial charge in [0, 0.05) is 22.4 Å². The number of benzene rings is 1. The normalized spacial score (nSPS) is 18.3. The van der Waals surface area contributed by atoms with Crippen LogP contribution in [0.2, 0.25) is 0 Å². The van der Waals surface area contributed by atoms with Crippen LogP contribution >= 0.6 is 23.1 Å². The summed E-state index contributed by atoms with van der Waals surface area (Å²) in [7, 11) is 0. The largest absolute Gasteiger partial charge is 0.305 e. The molecule has 19 heavy (non-hydrogen) atoms. The van der Waals surface area contributed by atoms with E-state index in [1.54, 1.807) is 11.3 Å². The number of thiazole rings is 1. The molecule has 0 saturated carbocycles. The zero-order valence-corrected chi connectivity index (χ0v) is 12.9. The van der Waals surface area contributed by atoms with Crippen molar-refractivity contribution in [1.29, 1.82) is 0 Å². The Balaban J connectivity index is 1.73. The maximum atomic E-state index is 4.49. The number of thioether (sulfide) groups is 1. The summed E-state index contributed by atoms with van der Waals surface area (Å²) in [5.74, 6) is 1.20. The van der Waals surface area contributed by atoms with Crippen molar-refractivity contribution < 1.29 is 0 Å². The summed E-state index contributed by atoms with van der Waals surface area (Å²) in [5.41, 5.74) is 2.63. The average Bonchev–Trinajstić information content (AvgIpc) is 2.74. The third kappa shape index (κ3) is 2.86. The second-order valence-corrected chi connectivity index (χ2v) is 7.27. The Morgan fingerprint density at radius 2 is 2.16 bits per heavy atom. The number of hydrogen-bond acceptors (Lipinski definition) is 4. The predicted octanol–water partition coefficient (Wildman–Crippen LogP) is 4.09. The van der Waals surface area contributed by atoms with Gasteiger partial charge < -0.3 is 5.32 Å². The molecule has 1 aromatic carbocycles. The van der Waals surface area contributed by atoms with E-state index in [0.29, 0.717) is 6.04 Å². The minimum atomic E-state index is 0.485. The van der Waals surface area contributed by atoms with Crippen LogP contribution in [0.3, 0.4) is 0 Å². The second-order valence-electron chi connectivity index (χ2n) is 4.85. The van der Waals surface area contributed by atoms with Crippen molar-refractivity contribution in [3.8, 4) is 0 Å². The quantitative estimate of drug-likeness (QED) is 0.921. The molecule has 1 unspecified atom stereocenters. The number of fused-ring (bicyclic) bond motifs is 1. The molecule has 0 aliphatic carbocycles. The van der Waals surface area contributed by atoms with Gasteiger partial charge in [-0.25, -0.2) is 4.98 Å². The minimum Gasteiger partial charge on any atom is -0.305 e. The third-order valence-electron chi connectivity index (χ3n) is 3.47. The zero-order valence-electron chi connectivity index (χ0n) is 11.3. The maximum Gasteiger partial charge on any atom is 0.0900 e. The molecule has 1 aliphatic rings. The second kappa shape index (κ2) is 5.65. The predicted molar refractivity (Wildman–Crippen MR) is 83.0 cm³/mol. The van der Waals surface area contributed by atoms with Gasteiger partial charge in [0.25, 0.3) is 0 Å². The minimum absolute atomic E-state index is 0.485. The molecule has 3 rings (SSSR count). The highest BCUT2D eigenvalue weighted by Crippen LogP contribution is 2.36. The Morgan fingerprint density at radius 1 is 1.32 bits per heavy atom. The SMILES string of the molecule is Cc1nc(C)c(CNC2CCSc3ccccc32)s1. The van der Waals surface area contributed by atoms with Gasteiger partial charge in [-0.05, 0) is 37.7 Å². The van der Waals surface area contributed by atoms with Crippen molar-refractivity contribution in [3.63, 3.8) is 0 Å². The molecule has 100 valence electrons. The van der Waals surface area contributed by atoms with Crippen molar-refractivity contribution >= 4 is 23.1 Å². The van der Waals surface area contributed by atoms with E-state index >= 15 is 0 Å². The van der Waals surface area contributed by atoms with Crippen molar-refractivity contribution in [3.05, 3.63) is 45.4 Å². The molecule has 0 fully saturated rings. The van der Waals surface area contributed by atoms with Gasteiger partial charge >= 0.3 is 0 Å². The number of nitrogens with zero attached hydrogens (tertiary/aromatic N) is 1. The van der Waals surface area contributed by atoms with E-state index in [-0.39, 0.29) is 0 Å². The van der Waals surface area contributed by atoms with Crippen molar-refractivity contribution in [2.75, 3.05) is 5.75 Å². The Morgan fingerprint density at radius 3 is 2.95 bits per heavy atom. The smallest absolute Gasteiger partial charge is 0.0900 e. The Bertz CT molecular complexity index is 577. The molecule has 0 bridgehead atoms. The van der Waals surface area contributed by atoms with Crippen LogP contribution in [0.15, 0.2) is 29.2 Å². The number of nitrogens with one attached hydrogen (secondary N) is 1. The van der Waals surface area contributed by atoms with E-state index < -0.39 is 0 Å². The number of rotatable bonds is 3. The fraction of sp³-hybridized carbons (Fsp3) is 0.400. The van der Waals surface area contributed by atoms with Gasteiger partial charge in [-0.1, -0.05) is 18.2 Å². The molecular formula is C15H18N2S2. The fourth-order valence-electron chi connectivity index (χ4n) is 2.51. The van der Waals surface area contributed by atoms with Crippen molar-refractivity contribution in [2.24, 2.45) is 0 Å². The summed E-state index contributed by atoms with van der Waals surface area (Å²) in [6.45, 7) is 5.11. The van der Waals surface area contributed by atoms with Crippen LogP contribution in [0.5, 0.6) is 0 Å². The van der Waals surface area contributed by atoms with Crippen molar-refractivity contribution in [2.45, 2.75) is 37.8 Å². The number of hydrogen-bond donors (Lipinski definition) is 1. The Hall–Kier alpha value is -0.840. The van der Waals surface area contributed by atoms with E-state index in [1.807, 2.05) is 11.8 Å². The lowest BCUT2D eigenvalue weighted by Gasteiger charge is -2.25. The van der Waals surface area contributed by atoms with Gasteiger partial charge in [-0.15, -0.1) is 23.1 Å². The van der Waals surface area contributed by atoms with Crippen LogP contribution < -0.4 is 5.32 Å².